The Labute approximate surface area is 128 Å². The predicted molar refractivity (Wildman–Crippen MR) is 80.7 cm³/mol. The number of rotatable bonds is 1. The number of halogens is 2. The Morgan fingerprint density at radius 1 is 1.42 bits per heavy atom. The molecule has 2 fully saturated rings. The Balaban J connectivity index is 0.00000133. The van der Waals surface area contributed by atoms with E-state index in [2.05, 4.69) is 21.2 Å². The van der Waals surface area contributed by atoms with Crippen LogP contribution in [0, 0.1) is 11.8 Å². The van der Waals surface area contributed by atoms with Crippen molar-refractivity contribution in [2.45, 2.75) is 6.42 Å². The maximum absolute atomic E-state index is 12.5. The van der Waals surface area contributed by atoms with Gasteiger partial charge in [-0.15, -0.1) is 12.4 Å². The summed E-state index contributed by atoms with van der Waals surface area (Å²) in [5.74, 6) is 1.58. The lowest BCUT2D eigenvalue weighted by Gasteiger charge is -2.34. The summed E-state index contributed by atoms with van der Waals surface area (Å²) in [6.45, 7) is 3.98. The van der Waals surface area contributed by atoms with Gasteiger partial charge in [0.1, 0.15) is 5.69 Å². The first-order valence-corrected chi connectivity index (χ1v) is 7.26. The molecule has 1 aromatic heterocycles. The third-order valence-corrected chi connectivity index (χ3v) is 4.62. The second-order valence-corrected chi connectivity index (χ2v) is 6.29. The fourth-order valence-electron chi connectivity index (χ4n) is 3.12. The van der Waals surface area contributed by atoms with Gasteiger partial charge in [-0.1, -0.05) is 0 Å². The zero-order valence-corrected chi connectivity index (χ0v) is 13.3. The summed E-state index contributed by atoms with van der Waals surface area (Å²) < 4.78 is 2.86. The number of nitrogens with one attached hydrogen (secondary N) is 1. The lowest BCUT2D eigenvalue weighted by molar-refractivity contribution is 0.0633. The van der Waals surface area contributed by atoms with Gasteiger partial charge in [-0.25, -0.2) is 0 Å². The van der Waals surface area contributed by atoms with Crippen molar-refractivity contribution in [2.75, 3.05) is 26.2 Å². The van der Waals surface area contributed by atoms with E-state index in [1.807, 2.05) is 28.8 Å². The van der Waals surface area contributed by atoms with Crippen LogP contribution in [0.25, 0.3) is 0 Å². The Morgan fingerprint density at radius 2 is 2.16 bits per heavy atom. The Kier molecular flexibility index (Phi) is 4.58. The molecule has 0 radical (unpaired) electrons. The van der Waals surface area contributed by atoms with Crippen LogP contribution in [-0.4, -0.2) is 41.6 Å². The van der Waals surface area contributed by atoms with E-state index in [-0.39, 0.29) is 18.3 Å². The van der Waals surface area contributed by atoms with E-state index in [0.717, 1.165) is 48.7 Å². The van der Waals surface area contributed by atoms with Crippen LogP contribution in [0.1, 0.15) is 16.9 Å². The van der Waals surface area contributed by atoms with E-state index in [1.54, 1.807) is 0 Å². The van der Waals surface area contributed by atoms with Crippen molar-refractivity contribution in [1.29, 1.82) is 0 Å². The summed E-state index contributed by atoms with van der Waals surface area (Å²) in [7, 11) is 1.92. The number of carbonyl (C=O) groups is 1. The number of amides is 1. The van der Waals surface area contributed by atoms with Gasteiger partial charge in [0.2, 0.25) is 0 Å². The van der Waals surface area contributed by atoms with Crippen LogP contribution in [-0.2, 0) is 7.05 Å². The van der Waals surface area contributed by atoms with Crippen LogP contribution in [0.4, 0.5) is 0 Å². The van der Waals surface area contributed by atoms with Crippen molar-refractivity contribution in [3.8, 4) is 0 Å². The normalized spacial score (nSPS) is 25.9. The quantitative estimate of drug-likeness (QED) is 0.841. The molecule has 0 saturated carbocycles. The zero-order valence-electron chi connectivity index (χ0n) is 10.9. The van der Waals surface area contributed by atoms with Crippen molar-refractivity contribution in [3.05, 3.63) is 22.4 Å². The Morgan fingerprint density at radius 3 is 2.84 bits per heavy atom. The van der Waals surface area contributed by atoms with Gasteiger partial charge in [-0.3, -0.25) is 4.79 Å². The van der Waals surface area contributed by atoms with Crippen molar-refractivity contribution in [3.63, 3.8) is 0 Å². The van der Waals surface area contributed by atoms with Gasteiger partial charge >= 0.3 is 0 Å². The molecule has 2 atom stereocenters. The summed E-state index contributed by atoms with van der Waals surface area (Å²) in [5, 5.41) is 3.43. The molecule has 0 bridgehead atoms. The number of nitrogens with zero attached hydrogens (tertiary/aromatic N) is 2. The molecule has 0 aliphatic carbocycles. The van der Waals surface area contributed by atoms with Crippen LogP contribution in [0.5, 0.6) is 0 Å². The molecular weight excluding hydrogens is 330 g/mol. The van der Waals surface area contributed by atoms with Gasteiger partial charge in [-0.2, -0.15) is 0 Å². The molecule has 1 N–H and O–H groups in total. The van der Waals surface area contributed by atoms with Gasteiger partial charge in [0, 0.05) is 30.8 Å². The van der Waals surface area contributed by atoms with Crippen LogP contribution >= 0.6 is 28.3 Å². The molecule has 4 nitrogen and oxygen atoms in total. The molecule has 3 rings (SSSR count). The minimum atomic E-state index is 0. The Hall–Kier alpha value is -0.520. The van der Waals surface area contributed by atoms with E-state index in [9.17, 15) is 4.79 Å². The van der Waals surface area contributed by atoms with Crippen molar-refractivity contribution in [2.24, 2.45) is 18.9 Å². The highest BCUT2D eigenvalue weighted by molar-refractivity contribution is 9.10. The topological polar surface area (TPSA) is 37.3 Å². The number of piperidine rings is 1. The number of hydrogen-bond acceptors (Lipinski definition) is 2. The number of hydrogen-bond donors (Lipinski definition) is 1. The minimum Gasteiger partial charge on any atom is -0.345 e. The van der Waals surface area contributed by atoms with Gasteiger partial charge in [0.15, 0.2) is 0 Å². The number of aryl methyl sites for hydroxylation is 1. The first kappa shape index (κ1) is 14.9. The summed E-state index contributed by atoms with van der Waals surface area (Å²) in [6, 6.07) is 1.90. The standard InChI is InChI=1S/C13H18BrN3O.ClH/c1-16-8-11(14)4-12(16)13(18)17-3-2-9-5-15-6-10(9)7-17;/h4,8-10,15H,2-3,5-7H2,1H3;1H. The van der Waals surface area contributed by atoms with Crippen molar-refractivity contribution >= 4 is 34.2 Å². The smallest absolute Gasteiger partial charge is 0.270 e. The summed E-state index contributed by atoms with van der Waals surface area (Å²) in [6.07, 6.45) is 3.06. The van der Waals surface area contributed by atoms with E-state index in [4.69, 9.17) is 0 Å². The highest BCUT2D eigenvalue weighted by Crippen LogP contribution is 2.27. The van der Waals surface area contributed by atoms with Gasteiger partial charge in [0.25, 0.3) is 5.91 Å². The van der Waals surface area contributed by atoms with E-state index in [1.165, 1.54) is 0 Å². The average molecular weight is 349 g/mol. The van der Waals surface area contributed by atoms with Gasteiger partial charge in [0.05, 0.1) is 0 Å². The lowest BCUT2D eigenvalue weighted by atomic mass is 9.88. The molecule has 106 valence electrons. The highest BCUT2D eigenvalue weighted by atomic mass is 79.9. The number of likely N-dealkylation sites (tertiary alicyclic amines) is 1. The van der Waals surface area contributed by atoms with Crippen LogP contribution in [0.15, 0.2) is 16.7 Å². The minimum absolute atomic E-state index is 0. The van der Waals surface area contributed by atoms with Crippen LogP contribution < -0.4 is 5.32 Å². The van der Waals surface area contributed by atoms with E-state index in [0.29, 0.717) is 5.92 Å². The second-order valence-electron chi connectivity index (χ2n) is 5.37. The molecule has 19 heavy (non-hydrogen) atoms. The van der Waals surface area contributed by atoms with Gasteiger partial charge in [-0.05, 0) is 53.3 Å². The highest BCUT2D eigenvalue weighted by Gasteiger charge is 2.35. The SMILES string of the molecule is Cl.Cn1cc(Br)cc1C(=O)N1CCC2CNCC2C1. The first-order valence-electron chi connectivity index (χ1n) is 6.47. The summed E-state index contributed by atoms with van der Waals surface area (Å²) in [4.78, 5) is 14.5. The Bertz CT molecular complexity index is 476. The molecule has 1 amide bonds. The van der Waals surface area contributed by atoms with E-state index < -0.39 is 0 Å². The first-order chi connectivity index (χ1) is 8.65. The van der Waals surface area contributed by atoms with Crippen molar-refractivity contribution < 1.29 is 4.79 Å². The lowest BCUT2D eigenvalue weighted by Crippen LogP contribution is -2.43. The molecule has 6 heteroatoms. The molecule has 2 unspecified atom stereocenters. The fraction of sp³-hybridized carbons (Fsp3) is 0.615. The summed E-state index contributed by atoms with van der Waals surface area (Å²) in [5.41, 5.74) is 0.770. The number of carbonyl (C=O) groups excluding carboxylic acids is 1. The zero-order chi connectivity index (χ0) is 12.7. The van der Waals surface area contributed by atoms with Crippen molar-refractivity contribution in [1.82, 2.24) is 14.8 Å². The molecular formula is C13H19BrClN3O. The third-order valence-electron chi connectivity index (χ3n) is 4.18. The van der Waals surface area contributed by atoms with E-state index >= 15 is 0 Å². The second kappa shape index (κ2) is 5.85. The predicted octanol–water partition coefficient (Wildman–Crippen LogP) is 1.89. The van der Waals surface area contributed by atoms with Crippen LogP contribution in [0.3, 0.4) is 0 Å². The maximum atomic E-state index is 12.5. The molecule has 1 aromatic rings. The number of fused-ring (bicyclic) bond motifs is 1. The van der Waals surface area contributed by atoms with Gasteiger partial charge < -0.3 is 14.8 Å². The molecule has 0 spiro atoms. The summed E-state index contributed by atoms with van der Waals surface area (Å²) >= 11 is 3.42. The van der Waals surface area contributed by atoms with Crippen LogP contribution in [0.2, 0.25) is 0 Å². The average Bonchev–Trinajstić information content (AvgIpc) is 2.93. The fourth-order valence-corrected chi connectivity index (χ4v) is 3.64. The molecule has 2 aliphatic heterocycles. The molecule has 0 aromatic carbocycles. The molecule has 2 aliphatic rings. The third kappa shape index (κ3) is 2.83. The molecule has 2 saturated heterocycles. The maximum Gasteiger partial charge on any atom is 0.270 e. The number of aromatic nitrogens is 1. The molecule has 3 heterocycles. The largest absolute Gasteiger partial charge is 0.345 e. The monoisotopic (exact) mass is 347 g/mol.